The van der Waals surface area contributed by atoms with Gasteiger partial charge in [-0.05, 0) is 25.0 Å². The number of rotatable bonds is 2. The topological polar surface area (TPSA) is 44.4 Å². The van der Waals surface area contributed by atoms with Crippen molar-refractivity contribution in [2.75, 3.05) is 11.4 Å². The molecule has 2 N–H and O–H groups in total. The first-order chi connectivity index (χ1) is 10.3. The molecule has 4 rings (SSSR count). The number of hydrogen-bond donors (Lipinski definition) is 2. The van der Waals surface area contributed by atoms with Crippen molar-refractivity contribution in [3.63, 3.8) is 0 Å². The van der Waals surface area contributed by atoms with Crippen molar-refractivity contribution in [1.29, 1.82) is 0 Å². The van der Waals surface area contributed by atoms with E-state index in [1.54, 1.807) is 0 Å². The number of fused-ring (bicyclic) bond motifs is 1. The van der Waals surface area contributed by atoms with Crippen molar-refractivity contribution in [2.24, 2.45) is 5.92 Å². The zero-order chi connectivity index (χ0) is 14.2. The lowest BCUT2D eigenvalue weighted by molar-refractivity contribution is -0.117. The molecule has 2 aliphatic heterocycles. The number of carbonyl (C=O) groups excluding carboxylic acids is 1. The first-order valence-corrected chi connectivity index (χ1v) is 8.19. The standard InChI is InChI=1S/C17H23N3O/c21-16-10-12(11-20(16)13-6-2-1-3-7-13)17-18-14-8-4-5-9-15(14)19-17/h1-3,6-7,12,14-15,17-19H,4-5,8-11H2. The van der Waals surface area contributed by atoms with Crippen LogP contribution in [0.1, 0.15) is 32.1 Å². The molecular weight excluding hydrogens is 262 g/mol. The van der Waals surface area contributed by atoms with E-state index >= 15 is 0 Å². The van der Waals surface area contributed by atoms with Gasteiger partial charge in [-0.25, -0.2) is 0 Å². The summed E-state index contributed by atoms with van der Waals surface area (Å²) >= 11 is 0. The smallest absolute Gasteiger partial charge is 0.227 e. The van der Waals surface area contributed by atoms with Crippen molar-refractivity contribution in [3.8, 4) is 0 Å². The lowest BCUT2D eigenvalue weighted by Gasteiger charge is -2.23. The molecule has 0 spiro atoms. The molecule has 2 saturated heterocycles. The van der Waals surface area contributed by atoms with Crippen LogP contribution in [0.2, 0.25) is 0 Å². The number of benzene rings is 1. The largest absolute Gasteiger partial charge is 0.312 e. The Morgan fingerprint density at radius 1 is 1.00 bits per heavy atom. The van der Waals surface area contributed by atoms with E-state index in [-0.39, 0.29) is 5.91 Å². The summed E-state index contributed by atoms with van der Waals surface area (Å²) in [6.07, 6.45) is 6.17. The second kappa shape index (κ2) is 5.43. The zero-order valence-electron chi connectivity index (χ0n) is 12.3. The average Bonchev–Trinajstić information content (AvgIpc) is 3.11. The second-order valence-corrected chi connectivity index (χ2v) is 6.61. The molecule has 3 unspecified atom stereocenters. The second-order valence-electron chi connectivity index (χ2n) is 6.61. The maximum absolute atomic E-state index is 12.3. The molecule has 1 aliphatic carbocycles. The monoisotopic (exact) mass is 285 g/mol. The van der Waals surface area contributed by atoms with Gasteiger partial charge < -0.3 is 4.90 Å². The van der Waals surface area contributed by atoms with Gasteiger partial charge in [-0.3, -0.25) is 15.4 Å². The van der Waals surface area contributed by atoms with Gasteiger partial charge in [0.2, 0.25) is 5.91 Å². The maximum Gasteiger partial charge on any atom is 0.227 e. The van der Waals surface area contributed by atoms with E-state index in [1.807, 2.05) is 35.2 Å². The highest BCUT2D eigenvalue weighted by Gasteiger charge is 2.42. The Morgan fingerprint density at radius 2 is 1.67 bits per heavy atom. The van der Waals surface area contributed by atoms with Crippen molar-refractivity contribution in [3.05, 3.63) is 30.3 Å². The highest BCUT2D eigenvalue weighted by atomic mass is 16.2. The number of amides is 1. The van der Waals surface area contributed by atoms with Gasteiger partial charge >= 0.3 is 0 Å². The molecule has 112 valence electrons. The van der Waals surface area contributed by atoms with Crippen LogP contribution in [-0.2, 0) is 4.79 Å². The Bertz CT molecular complexity index is 504. The summed E-state index contributed by atoms with van der Waals surface area (Å²) in [5, 5.41) is 7.47. The van der Waals surface area contributed by atoms with Gasteiger partial charge in [0.1, 0.15) is 0 Å². The normalized spacial score (nSPS) is 36.0. The molecule has 1 aromatic rings. The molecule has 1 aromatic carbocycles. The quantitative estimate of drug-likeness (QED) is 0.872. The molecule has 3 aliphatic rings. The van der Waals surface area contributed by atoms with Crippen molar-refractivity contribution >= 4 is 11.6 Å². The molecule has 0 bridgehead atoms. The minimum atomic E-state index is 0.254. The average molecular weight is 285 g/mol. The number of hydrogen-bond acceptors (Lipinski definition) is 3. The van der Waals surface area contributed by atoms with Gasteiger partial charge in [0.15, 0.2) is 0 Å². The Morgan fingerprint density at radius 3 is 2.33 bits per heavy atom. The van der Waals surface area contributed by atoms with Gasteiger partial charge in [0.25, 0.3) is 0 Å². The van der Waals surface area contributed by atoms with E-state index < -0.39 is 0 Å². The summed E-state index contributed by atoms with van der Waals surface area (Å²) < 4.78 is 0. The molecule has 4 heteroatoms. The van der Waals surface area contributed by atoms with Crippen LogP contribution in [0.5, 0.6) is 0 Å². The molecular formula is C17H23N3O. The summed E-state index contributed by atoms with van der Waals surface area (Å²) in [6.45, 7) is 0.826. The highest BCUT2D eigenvalue weighted by molar-refractivity contribution is 5.95. The summed E-state index contributed by atoms with van der Waals surface area (Å²) in [6, 6.07) is 11.3. The van der Waals surface area contributed by atoms with E-state index in [2.05, 4.69) is 10.6 Å². The highest BCUT2D eigenvalue weighted by Crippen LogP contribution is 2.30. The molecule has 3 fully saturated rings. The summed E-state index contributed by atoms with van der Waals surface area (Å²) in [5.41, 5.74) is 1.03. The van der Waals surface area contributed by atoms with Gasteiger partial charge in [0, 0.05) is 36.7 Å². The Kier molecular flexibility index (Phi) is 3.43. The van der Waals surface area contributed by atoms with E-state index in [9.17, 15) is 4.79 Å². The third-order valence-corrected chi connectivity index (χ3v) is 5.25. The van der Waals surface area contributed by atoms with Crippen molar-refractivity contribution in [2.45, 2.75) is 50.4 Å². The first kappa shape index (κ1) is 13.3. The number of carbonyl (C=O) groups is 1. The Labute approximate surface area is 125 Å². The fraction of sp³-hybridized carbons (Fsp3) is 0.588. The van der Waals surface area contributed by atoms with Crippen molar-refractivity contribution < 1.29 is 4.79 Å². The lowest BCUT2D eigenvalue weighted by Crippen LogP contribution is -2.41. The zero-order valence-corrected chi connectivity index (χ0v) is 12.3. The summed E-state index contributed by atoms with van der Waals surface area (Å²) in [5.74, 6) is 0.632. The van der Waals surface area contributed by atoms with Crippen LogP contribution in [0.3, 0.4) is 0 Å². The third kappa shape index (κ3) is 2.47. The van der Waals surface area contributed by atoms with Crippen LogP contribution in [0.25, 0.3) is 0 Å². The lowest BCUT2D eigenvalue weighted by atomic mass is 9.92. The molecule has 1 saturated carbocycles. The number of anilines is 1. The predicted molar refractivity (Wildman–Crippen MR) is 83.0 cm³/mol. The number of nitrogens with one attached hydrogen (secondary N) is 2. The van der Waals surface area contributed by atoms with Gasteiger partial charge in [0.05, 0.1) is 6.17 Å². The minimum Gasteiger partial charge on any atom is -0.312 e. The molecule has 2 heterocycles. The predicted octanol–water partition coefficient (Wildman–Crippen LogP) is 1.87. The van der Waals surface area contributed by atoms with E-state index in [0.717, 1.165) is 12.2 Å². The summed E-state index contributed by atoms with van der Waals surface area (Å²) in [7, 11) is 0. The molecule has 0 aromatic heterocycles. The van der Waals surface area contributed by atoms with Crippen LogP contribution in [0.15, 0.2) is 30.3 Å². The minimum absolute atomic E-state index is 0.254. The van der Waals surface area contributed by atoms with E-state index in [1.165, 1.54) is 25.7 Å². The third-order valence-electron chi connectivity index (χ3n) is 5.25. The molecule has 3 atom stereocenters. The van der Waals surface area contributed by atoms with E-state index in [4.69, 9.17) is 0 Å². The Balaban J connectivity index is 1.45. The number of nitrogens with zero attached hydrogens (tertiary/aromatic N) is 1. The number of para-hydroxylation sites is 1. The molecule has 4 nitrogen and oxygen atoms in total. The van der Waals surface area contributed by atoms with Crippen molar-refractivity contribution in [1.82, 2.24) is 10.6 Å². The summed E-state index contributed by atoms with van der Waals surface area (Å²) in [4.78, 5) is 14.3. The van der Waals surface area contributed by atoms with Crippen LogP contribution in [0, 0.1) is 5.92 Å². The van der Waals surface area contributed by atoms with Gasteiger partial charge in [-0.1, -0.05) is 31.0 Å². The fourth-order valence-electron chi connectivity index (χ4n) is 4.13. The first-order valence-electron chi connectivity index (χ1n) is 8.19. The maximum atomic E-state index is 12.3. The van der Waals surface area contributed by atoms with Crippen LogP contribution in [-0.4, -0.2) is 30.7 Å². The Hall–Kier alpha value is -1.39. The van der Waals surface area contributed by atoms with Gasteiger partial charge in [-0.15, -0.1) is 0 Å². The van der Waals surface area contributed by atoms with Crippen LogP contribution < -0.4 is 15.5 Å². The van der Waals surface area contributed by atoms with Crippen LogP contribution in [0.4, 0.5) is 5.69 Å². The molecule has 21 heavy (non-hydrogen) atoms. The fourth-order valence-corrected chi connectivity index (χ4v) is 4.13. The SMILES string of the molecule is O=C1CC(C2NC3CCCCC3N2)CN1c1ccccc1. The molecule has 0 radical (unpaired) electrons. The van der Waals surface area contributed by atoms with Crippen LogP contribution >= 0.6 is 0 Å². The van der Waals surface area contributed by atoms with Gasteiger partial charge in [-0.2, -0.15) is 0 Å². The van der Waals surface area contributed by atoms with E-state index in [0.29, 0.717) is 30.6 Å². The molecule has 1 amide bonds.